The van der Waals surface area contributed by atoms with Gasteiger partial charge >= 0.3 is 0 Å². The van der Waals surface area contributed by atoms with Crippen LogP contribution in [0.5, 0.6) is 0 Å². The first kappa shape index (κ1) is 12.6. The zero-order valence-corrected chi connectivity index (χ0v) is 11.1. The van der Waals surface area contributed by atoms with Gasteiger partial charge in [0, 0.05) is 34.9 Å². The van der Waals surface area contributed by atoms with Gasteiger partial charge in [-0.3, -0.25) is 4.79 Å². The molecule has 15 heavy (non-hydrogen) atoms. The van der Waals surface area contributed by atoms with E-state index in [2.05, 4.69) is 40.5 Å². The third-order valence-corrected chi connectivity index (χ3v) is 3.96. The van der Waals surface area contributed by atoms with Crippen LogP contribution in [0.3, 0.4) is 0 Å². The maximum absolute atomic E-state index is 11.5. The Labute approximate surface area is 101 Å². The van der Waals surface area contributed by atoms with Gasteiger partial charge in [-0.15, -0.1) is 0 Å². The quantitative estimate of drug-likeness (QED) is 0.708. The minimum absolute atomic E-state index is 0.0484. The van der Waals surface area contributed by atoms with E-state index in [1.165, 1.54) is 12.8 Å². The molecule has 1 aliphatic rings. The first-order chi connectivity index (χ1) is 7.17. The minimum Gasteiger partial charge on any atom is -0.332 e. The summed E-state index contributed by atoms with van der Waals surface area (Å²) in [4.78, 5) is 15.9. The summed E-state index contributed by atoms with van der Waals surface area (Å²) < 4.78 is 0. The van der Waals surface area contributed by atoms with E-state index in [0.29, 0.717) is 5.41 Å². The van der Waals surface area contributed by atoms with Crippen molar-refractivity contribution < 1.29 is 4.79 Å². The molecule has 2 nitrogen and oxygen atoms in total. The average Bonchev–Trinajstić information content (AvgIpc) is 2.29. The second-order valence-corrected chi connectivity index (χ2v) is 4.62. The summed E-state index contributed by atoms with van der Waals surface area (Å²) in [6.07, 6.45) is 4.68. The van der Waals surface area contributed by atoms with Gasteiger partial charge in [0.2, 0.25) is 0 Å². The zero-order valence-electron chi connectivity index (χ0n) is 9.48. The molecular formula is C12H18BrNO. The van der Waals surface area contributed by atoms with Crippen LogP contribution in [0.2, 0.25) is 0 Å². The van der Waals surface area contributed by atoms with Crippen molar-refractivity contribution >= 4 is 21.8 Å². The highest BCUT2D eigenvalue weighted by Crippen LogP contribution is 2.37. The Hall–Kier alpha value is -0.490. The van der Waals surface area contributed by atoms with Crippen molar-refractivity contribution in [2.24, 2.45) is 5.41 Å². The first-order valence-corrected chi connectivity index (χ1v) is 6.37. The number of hydrogen-bond acceptors (Lipinski definition) is 1. The Kier molecular flexibility index (Phi) is 4.66. The van der Waals surface area contributed by atoms with Crippen molar-refractivity contribution in [3.05, 3.63) is 0 Å². The third kappa shape index (κ3) is 2.98. The standard InChI is InChI=1S/C12H18BrNO/c1-3-12(4-2)6-9-14(10-7-12)11(15)5-8-13/h3-4,6-7,9-10H2,1-2H3. The molecule has 0 unspecified atom stereocenters. The SMILES string of the molecule is CCC1(CC)CCN(C(=O)C#CBr)CC1. The fourth-order valence-corrected chi connectivity index (χ4v) is 2.43. The van der Waals surface area contributed by atoms with E-state index in [9.17, 15) is 4.79 Å². The highest BCUT2D eigenvalue weighted by molar-refractivity contribution is 9.12. The maximum atomic E-state index is 11.5. The molecule has 0 N–H and O–H groups in total. The van der Waals surface area contributed by atoms with E-state index in [4.69, 9.17) is 0 Å². The lowest BCUT2D eigenvalue weighted by Gasteiger charge is -2.40. The van der Waals surface area contributed by atoms with Crippen molar-refractivity contribution in [1.82, 2.24) is 4.90 Å². The lowest BCUT2D eigenvalue weighted by molar-refractivity contribution is -0.127. The number of carbonyl (C=O) groups is 1. The molecule has 1 saturated heterocycles. The molecule has 0 spiro atoms. The molecule has 0 atom stereocenters. The van der Waals surface area contributed by atoms with Crippen LogP contribution in [0.15, 0.2) is 0 Å². The summed E-state index contributed by atoms with van der Waals surface area (Å²) in [5.41, 5.74) is 0.471. The summed E-state index contributed by atoms with van der Waals surface area (Å²) in [7, 11) is 0. The predicted octanol–water partition coefficient (Wildman–Crippen LogP) is 2.77. The number of likely N-dealkylation sites (tertiary alicyclic amines) is 1. The van der Waals surface area contributed by atoms with Gasteiger partial charge in [0.05, 0.1) is 0 Å². The summed E-state index contributed by atoms with van der Waals surface area (Å²) in [5, 5.41) is 0. The third-order valence-electron chi connectivity index (χ3n) is 3.77. The zero-order chi connectivity index (χ0) is 11.3. The molecule has 3 heteroatoms. The summed E-state index contributed by atoms with van der Waals surface area (Å²) in [5.74, 6) is 2.48. The smallest absolute Gasteiger partial charge is 0.299 e. The summed E-state index contributed by atoms with van der Waals surface area (Å²) in [6.45, 7) is 6.23. The molecule has 1 aliphatic heterocycles. The van der Waals surface area contributed by atoms with Crippen LogP contribution >= 0.6 is 15.9 Å². The molecule has 0 radical (unpaired) electrons. The Bertz CT molecular complexity index is 276. The fourth-order valence-electron chi connectivity index (χ4n) is 2.26. The Morgan fingerprint density at radius 2 is 1.87 bits per heavy atom. The minimum atomic E-state index is -0.0484. The largest absolute Gasteiger partial charge is 0.332 e. The van der Waals surface area contributed by atoms with Gasteiger partial charge in [0.25, 0.3) is 5.91 Å². The lowest BCUT2D eigenvalue weighted by atomic mass is 9.74. The van der Waals surface area contributed by atoms with Crippen molar-refractivity contribution in [2.45, 2.75) is 39.5 Å². The van der Waals surface area contributed by atoms with Gasteiger partial charge in [-0.25, -0.2) is 0 Å². The van der Waals surface area contributed by atoms with Gasteiger partial charge in [0.15, 0.2) is 0 Å². The van der Waals surface area contributed by atoms with Crippen LogP contribution < -0.4 is 0 Å². The lowest BCUT2D eigenvalue weighted by Crippen LogP contribution is -2.42. The molecule has 1 fully saturated rings. The highest BCUT2D eigenvalue weighted by atomic mass is 79.9. The van der Waals surface area contributed by atoms with Crippen LogP contribution in [-0.4, -0.2) is 23.9 Å². The number of halogens is 1. The Morgan fingerprint density at radius 3 is 2.27 bits per heavy atom. The number of hydrogen-bond donors (Lipinski definition) is 0. The second-order valence-electron chi connectivity index (χ2n) is 4.22. The van der Waals surface area contributed by atoms with Crippen LogP contribution in [0.25, 0.3) is 0 Å². The maximum Gasteiger partial charge on any atom is 0.299 e. The van der Waals surface area contributed by atoms with E-state index in [-0.39, 0.29) is 5.91 Å². The van der Waals surface area contributed by atoms with Crippen LogP contribution in [-0.2, 0) is 4.79 Å². The topological polar surface area (TPSA) is 20.3 Å². The van der Waals surface area contributed by atoms with Gasteiger partial charge in [-0.1, -0.05) is 26.7 Å². The van der Waals surface area contributed by atoms with E-state index in [1.54, 1.807) is 0 Å². The molecule has 84 valence electrons. The molecule has 0 aromatic rings. The van der Waals surface area contributed by atoms with Crippen molar-refractivity contribution in [3.8, 4) is 10.8 Å². The predicted molar refractivity (Wildman–Crippen MR) is 65.5 cm³/mol. The molecular weight excluding hydrogens is 254 g/mol. The Morgan fingerprint density at radius 1 is 1.33 bits per heavy atom. The monoisotopic (exact) mass is 271 g/mol. The van der Waals surface area contributed by atoms with Crippen molar-refractivity contribution in [3.63, 3.8) is 0 Å². The van der Waals surface area contributed by atoms with E-state index in [0.717, 1.165) is 25.9 Å². The van der Waals surface area contributed by atoms with E-state index >= 15 is 0 Å². The molecule has 0 aromatic carbocycles. The number of carbonyl (C=O) groups excluding carboxylic acids is 1. The molecule has 0 bridgehead atoms. The summed E-state index contributed by atoms with van der Waals surface area (Å²) in [6, 6.07) is 0. The fraction of sp³-hybridized carbons (Fsp3) is 0.750. The molecule has 1 heterocycles. The molecule has 1 amide bonds. The van der Waals surface area contributed by atoms with Crippen LogP contribution in [0, 0.1) is 16.2 Å². The van der Waals surface area contributed by atoms with Crippen LogP contribution in [0.4, 0.5) is 0 Å². The molecule has 0 aliphatic carbocycles. The van der Waals surface area contributed by atoms with Crippen LogP contribution in [0.1, 0.15) is 39.5 Å². The molecule has 0 aromatic heterocycles. The van der Waals surface area contributed by atoms with Gasteiger partial charge < -0.3 is 4.90 Å². The van der Waals surface area contributed by atoms with Gasteiger partial charge in [-0.05, 0) is 23.1 Å². The van der Waals surface area contributed by atoms with Crippen molar-refractivity contribution in [2.75, 3.05) is 13.1 Å². The number of rotatable bonds is 2. The summed E-state index contributed by atoms with van der Waals surface area (Å²) >= 11 is 2.96. The normalized spacial score (nSPS) is 19.3. The number of amides is 1. The second kappa shape index (κ2) is 5.55. The number of nitrogens with zero attached hydrogens (tertiary/aromatic N) is 1. The van der Waals surface area contributed by atoms with Gasteiger partial charge in [-0.2, -0.15) is 0 Å². The van der Waals surface area contributed by atoms with E-state index < -0.39 is 0 Å². The molecule has 1 rings (SSSR count). The first-order valence-electron chi connectivity index (χ1n) is 5.58. The molecule has 0 saturated carbocycles. The van der Waals surface area contributed by atoms with Gasteiger partial charge in [0.1, 0.15) is 0 Å². The van der Waals surface area contributed by atoms with E-state index in [1.807, 2.05) is 4.90 Å². The average molecular weight is 272 g/mol. The number of piperidine rings is 1. The van der Waals surface area contributed by atoms with Crippen molar-refractivity contribution in [1.29, 1.82) is 0 Å². The Balaban J connectivity index is 2.54. The highest BCUT2D eigenvalue weighted by Gasteiger charge is 2.32.